The Kier molecular flexibility index (Phi) is 9.24. The van der Waals surface area contributed by atoms with E-state index >= 15 is 0 Å². The molecule has 1 unspecified atom stereocenters. The first-order valence-electron chi connectivity index (χ1n) is 6.15. The highest BCUT2D eigenvalue weighted by molar-refractivity contribution is 5.75. The second kappa shape index (κ2) is 9.60. The predicted molar refractivity (Wildman–Crippen MR) is 64.3 cm³/mol. The number of esters is 1. The fourth-order valence-corrected chi connectivity index (χ4v) is 1.70. The van der Waals surface area contributed by atoms with Crippen LogP contribution in [0.4, 0.5) is 0 Å². The number of nitrogens with zero attached hydrogens (tertiary/aromatic N) is 1. The zero-order valence-corrected chi connectivity index (χ0v) is 10.7. The van der Waals surface area contributed by atoms with Crippen molar-refractivity contribution in [2.45, 2.75) is 45.6 Å². The summed E-state index contributed by atoms with van der Waals surface area (Å²) in [6.45, 7) is 5.38. The third-order valence-electron chi connectivity index (χ3n) is 2.65. The number of unbranched alkanes of at least 4 members (excludes halogenated alkanes) is 2. The normalized spacial score (nSPS) is 12.8. The first-order chi connectivity index (χ1) is 7.67. The van der Waals surface area contributed by atoms with Crippen LogP contribution in [0.1, 0.15) is 39.5 Å². The van der Waals surface area contributed by atoms with Crippen molar-refractivity contribution in [1.29, 1.82) is 0 Å². The van der Waals surface area contributed by atoms with Crippen molar-refractivity contribution >= 4 is 5.97 Å². The maximum atomic E-state index is 11.6. The molecule has 0 bridgehead atoms. The van der Waals surface area contributed by atoms with Crippen LogP contribution < -0.4 is 0 Å². The average molecular weight is 231 g/mol. The van der Waals surface area contributed by atoms with Gasteiger partial charge in [-0.1, -0.05) is 6.92 Å². The molecule has 0 fully saturated rings. The van der Waals surface area contributed by atoms with Gasteiger partial charge >= 0.3 is 5.97 Å². The number of carbonyl (C=O) groups excluding carboxylic acids is 1. The molecule has 0 rings (SSSR count). The van der Waals surface area contributed by atoms with E-state index in [1.807, 2.05) is 25.8 Å². The largest absolute Gasteiger partial charge is 0.465 e. The van der Waals surface area contributed by atoms with Gasteiger partial charge in [0.05, 0.1) is 6.61 Å². The molecule has 96 valence electrons. The minimum absolute atomic E-state index is 0.130. The minimum Gasteiger partial charge on any atom is -0.465 e. The lowest BCUT2D eigenvalue weighted by Gasteiger charge is -2.25. The SMILES string of the molecule is CCOC(=O)C(CC)N(C)CCCCCO. The summed E-state index contributed by atoms with van der Waals surface area (Å²) in [6, 6.07) is -0.130. The number of likely N-dealkylation sites (N-methyl/N-ethyl adjacent to an activating group) is 1. The van der Waals surface area contributed by atoms with Crippen molar-refractivity contribution in [2.24, 2.45) is 0 Å². The number of hydrogen-bond acceptors (Lipinski definition) is 4. The second-order valence-corrected chi connectivity index (χ2v) is 3.94. The lowest BCUT2D eigenvalue weighted by Crippen LogP contribution is -2.39. The van der Waals surface area contributed by atoms with Crippen LogP contribution in [-0.2, 0) is 9.53 Å². The fourth-order valence-electron chi connectivity index (χ4n) is 1.70. The van der Waals surface area contributed by atoms with Crippen molar-refractivity contribution in [1.82, 2.24) is 4.90 Å². The zero-order valence-electron chi connectivity index (χ0n) is 10.7. The van der Waals surface area contributed by atoms with E-state index in [9.17, 15) is 4.79 Å². The quantitative estimate of drug-likeness (QED) is 0.481. The van der Waals surface area contributed by atoms with E-state index in [2.05, 4.69) is 0 Å². The molecule has 16 heavy (non-hydrogen) atoms. The van der Waals surface area contributed by atoms with Gasteiger partial charge in [0.2, 0.25) is 0 Å². The summed E-state index contributed by atoms with van der Waals surface area (Å²) in [5, 5.41) is 8.66. The van der Waals surface area contributed by atoms with E-state index in [4.69, 9.17) is 9.84 Å². The summed E-state index contributed by atoms with van der Waals surface area (Å²) >= 11 is 0. The molecule has 0 aliphatic heterocycles. The first kappa shape index (κ1) is 15.4. The van der Waals surface area contributed by atoms with Crippen molar-refractivity contribution in [3.63, 3.8) is 0 Å². The molecular weight excluding hydrogens is 206 g/mol. The third-order valence-corrected chi connectivity index (χ3v) is 2.65. The smallest absolute Gasteiger partial charge is 0.323 e. The molecule has 0 aliphatic carbocycles. The summed E-state index contributed by atoms with van der Waals surface area (Å²) in [5.41, 5.74) is 0. The molecule has 0 saturated heterocycles. The molecule has 0 amide bonds. The molecule has 4 nitrogen and oxygen atoms in total. The first-order valence-corrected chi connectivity index (χ1v) is 6.15. The molecule has 0 aromatic carbocycles. The molecule has 0 aromatic rings. The summed E-state index contributed by atoms with van der Waals surface area (Å²) in [7, 11) is 1.95. The topological polar surface area (TPSA) is 49.8 Å². The second-order valence-electron chi connectivity index (χ2n) is 3.94. The number of carbonyl (C=O) groups is 1. The number of aliphatic hydroxyl groups excluding tert-OH is 1. The van der Waals surface area contributed by atoms with Crippen LogP contribution in [0.3, 0.4) is 0 Å². The Balaban J connectivity index is 3.90. The fraction of sp³-hybridized carbons (Fsp3) is 0.917. The Bertz CT molecular complexity index is 185. The molecule has 1 N–H and O–H groups in total. The Hall–Kier alpha value is -0.610. The summed E-state index contributed by atoms with van der Waals surface area (Å²) < 4.78 is 5.02. The molecule has 4 heteroatoms. The van der Waals surface area contributed by atoms with Crippen LogP contribution in [-0.4, -0.2) is 48.8 Å². The van der Waals surface area contributed by atoms with Crippen molar-refractivity contribution in [3.05, 3.63) is 0 Å². The zero-order chi connectivity index (χ0) is 12.4. The predicted octanol–water partition coefficient (Wildman–Crippen LogP) is 1.42. The van der Waals surface area contributed by atoms with Crippen LogP contribution in [0.25, 0.3) is 0 Å². The van der Waals surface area contributed by atoms with Gasteiger partial charge in [-0.05, 0) is 46.2 Å². The molecule has 1 atom stereocenters. The van der Waals surface area contributed by atoms with Gasteiger partial charge in [-0.15, -0.1) is 0 Å². The maximum absolute atomic E-state index is 11.6. The van der Waals surface area contributed by atoms with Gasteiger partial charge in [-0.2, -0.15) is 0 Å². The van der Waals surface area contributed by atoms with Crippen LogP contribution in [0.15, 0.2) is 0 Å². The summed E-state index contributed by atoms with van der Waals surface area (Å²) in [4.78, 5) is 13.6. The van der Waals surface area contributed by atoms with Gasteiger partial charge in [-0.25, -0.2) is 0 Å². The highest BCUT2D eigenvalue weighted by Gasteiger charge is 2.21. The van der Waals surface area contributed by atoms with Gasteiger partial charge in [0.15, 0.2) is 0 Å². The Morgan fingerprint density at radius 1 is 1.31 bits per heavy atom. The molecular formula is C12H25NO3. The summed E-state index contributed by atoms with van der Waals surface area (Å²) in [6.07, 6.45) is 3.62. The minimum atomic E-state index is -0.130. The van der Waals surface area contributed by atoms with E-state index in [-0.39, 0.29) is 18.6 Å². The lowest BCUT2D eigenvalue weighted by molar-refractivity contribution is -0.149. The Morgan fingerprint density at radius 2 is 2.00 bits per heavy atom. The van der Waals surface area contributed by atoms with Gasteiger partial charge in [0.1, 0.15) is 6.04 Å². The number of rotatable bonds is 9. The number of ether oxygens (including phenoxy) is 1. The van der Waals surface area contributed by atoms with Crippen LogP contribution in [0.5, 0.6) is 0 Å². The van der Waals surface area contributed by atoms with E-state index in [1.54, 1.807) is 0 Å². The van der Waals surface area contributed by atoms with Crippen LogP contribution >= 0.6 is 0 Å². The Morgan fingerprint density at radius 3 is 2.50 bits per heavy atom. The van der Waals surface area contributed by atoms with Gasteiger partial charge < -0.3 is 9.84 Å². The molecule has 0 aromatic heterocycles. The van der Waals surface area contributed by atoms with Gasteiger partial charge in [0.25, 0.3) is 0 Å². The van der Waals surface area contributed by atoms with Gasteiger partial charge in [0, 0.05) is 6.61 Å². The number of aliphatic hydroxyl groups is 1. The summed E-state index contributed by atoms with van der Waals surface area (Å²) in [5.74, 6) is -0.130. The van der Waals surface area contributed by atoms with Crippen molar-refractivity contribution in [3.8, 4) is 0 Å². The third kappa shape index (κ3) is 6.08. The average Bonchev–Trinajstić information content (AvgIpc) is 2.26. The standard InChI is InChI=1S/C12H25NO3/c1-4-11(12(15)16-5-2)13(3)9-7-6-8-10-14/h11,14H,4-10H2,1-3H3. The van der Waals surface area contributed by atoms with Crippen molar-refractivity contribution < 1.29 is 14.6 Å². The molecule has 0 aliphatic rings. The van der Waals surface area contributed by atoms with Crippen LogP contribution in [0.2, 0.25) is 0 Å². The lowest BCUT2D eigenvalue weighted by atomic mass is 10.1. The number of hydrogen-bond donors (Lipinski definition) is 1. The molecule has 0 saturated carbocycles. The Labute approximate surface area is 98.6 Å². The highest BCUT2D eigenvalue weighted by Crippen LogP contribution is 2.06. The van der Waals surface area contributed by atoms with E-state index < -0.39 is 0 Å². The molecule has 0 radical (unpaired) electrons. The molecule has 0 spiro atoms. The van der Waals surface area contributed by atoms with E-state index in [0.717, 1.165) is 32.2 Å². The maximum Gasteiger partial charge on any atom is 0.323 e. The van der Waals surface area contributed by atoms with E-state index in [0.29, 0.717) is 6.61 Å². The van der Waals surface area contributed by atoms with Crippen molar-refractivity contribution in [2.75, 3.05) is 26.8 Å². The monoisotopic (exact) mass is 231 g/mol. The van der Waals surface area contributed by atoms with E-state index in [1.165, 1.54) is 0 Å². The molecule has 0 heterocycles. The van der Waals surface area contributed by atoms with Crippen LogP contribution in [0, 0.1) is 0 Å². The van der Waals surface area contributed by atoms with Gasteiger partial charge in [-0.3, -0.25) is 9.69 Å². The highest BCUT2D eigenvalue weighted by atomic mass is 16.5.